The van der Waals surface area contributed by atoms with Crippen LogP contribution in [0.3, 0.4) is 0 Å². The zero-order chi connectivity index (χ0) is 14.3. The second-order valence-corrected chi connectivity index (χ2v) is 5.98. The molecular formula is C14H16BrN3O2. The van der Waals surface area contributed by atoms with Crippen LogP contribution in [-0.4, -0.2) is 29.4 Å². The van der Waals surface area contributed by atoms with E-state index in [1.165, 1.54) is 0 Å². The van der Waals surface area contributed by atoms with Gasteiger partial charge in [-0.05, 0) is 37.1 Å². The van der Waals surface area contributed by atoms with Gasteiger partial charge in [0.25, 0.3) is 0 Å². The molecule has 2 N–H and O–H groups in total. The third-order valence-electron chi connectivity index (χ3n) is 3.58. The second kappa shape index (κ2) is 5.27. The summed E-state index contributed by atoms with van der Waals surface area (Å²) < 4.78 is 11.8. The van der Waals surface area contributed by atoms with E-state index in [1.54, 1.807) is 0 Å². The number of hydrogen-bond acceptors (Lipinski definition) is 5. The molecule has 0 amide bonds. The Kier molecular flexibility index (Phi) is 3.62. The fourth-order valence-corrected chi connectivity index (χ4v) is 2.63. The Bertz CT molecular complexity index is 618. The molecule has 6 heteroatoms. The van der Waals surface area contributed by atoms with Crippen molar-refractivity contribution in [3.8, 4) is 11.4 Å². The first-order valence-corrected chi connectivity index (χ1v) is 7.29. The summed E-state index contributed by atoms with van der Waals surface area (Å²) in [5.74, 6) is 1.15. The van der Waals surface area contributed by atoms with Crippen LogP contribution in [0.25, 0.3) is 11.4 Å². The van der Waals surface area contributed by atoms with Gasteiger partial charge in [0.05, 0.1) is 19.1 Å². The topological polar surface area (TPSA) is 74.2 Å². The van der Waals surface area contributed by atoms with Crippen molar-refractivity contribution in [2.45, 2.75) is 25.8 Å². The first-order valence-electron chi connectivity index (χ1n) is 6.50. The van der Waals surface area contributed by atoms with E-state index in [4.69, 9.17) is 15.0 Å². The van der Waals surface area contributed by atoms with E-state index >= 15 is 0 Å². The number of halogens is 1. The lowest BCUT2D eigenvalue weighted by Gasteiger charge is -2.06. The molecule has 1 aromatic heterocycles. The molecule has 0 saturated carbocycles. The average Bonchev–Trinajstić information content (AvgIpc) is 3.03. The molecule has 1 aromatic carbocycles. The summed E-state index contributed by atoms with van der Waals surface area (Å²) in [5.41, 5.74) is 9.21. The Hall–Kier alpha value is -1.24. The Morgan fingerprint density at radius 3 is 2.55 bits per heavy atom. The van der Waals surface area contributed by atoms with E-state index < -0.39 is 0 Å². The van der Waals surface area contributed by atoms with Crippen molar-refractivity contribution in [3.05, 3.63) is 33.6 Å². The van der Waals surface area contributed by atoms with Crippen LogP contribution >= 0.6 is 15.9 Å². The fourth-order valence-electron chi connectivity index (χ4n) is 2.40. The summed E-state index contributed by atoms with van der Waals surface area (Å²) in [4.78, 5) is 4.47. The lowest BCUT2D eigenvalue weighted by molar-refractivity contribution is 0.187. The first kappa shape index (κ1) is 13.7. The van der Waals surface area contributed by atoms with Crippen LogP contribution in [0, 0.1) is 13.8 Å². The van der Waals surface area contributed by atoms with Crippen molar-refractivity contribution in [1.82, 2.24) is 10.1 Å². The summed E-state index contributed by atoms with van der Waals surface area (Å²) in [5, 5.41) is 4.06. The highest BCUT2D eigenvalue weighted by Gasteiger charge is 2.31. The van der Waals surface area contributed by atoms with E-state index in [9.17, 15) is 0 Å². The van der Waals surface area contributed by atoms with E-state index in [-0.39, 0.29) is 12.0 Å². The second-order valence-electron chi connectivity index (χ2n) is 5.19. The number of nitrogens with two attached hydrogens (primary N) is 1. The minimum Gasteiger partial charge on any atom is -0.379 e. The van der Waals surface area contributed by atoms with Gasteiger partial charge in [0.15, 0.2) is 0 Å². The van der Waals surface area contributed by atoms with Gasteiger partial charge in [-0.2, -0.15) is 4.98 Å². The molecule has 106 valence electrons. The van der Waals surface area contributed by atoms with Gasteiger partial charge in [-0.15, -0.1) is 0 Å². The number of hydrogen-bond donors (Lipinski definition) is 1. The lowest BCUT2D eigenvalue weighted by Crippen LogP contribution is -2.26. The zero-order valence-corrected chi connectivity index (χ0v) is 13.0. The van der Waals surface area contributed by atoms with Crippen molar-refractivity contribution < 1.29 is 9.26 Å². The molecule has 1 fully saturated rings. The molecular weight excluding hydrogens is 322 g/mol. The average molecular weight is 338 g/mol. The molecule has 2 aromatic rings. The molecule has 0 bridgehead atoms. The van der Waals surface area contributed by atoms with Crippen LogP contribution < -0.4 is 5.73 Å². The lowest BCUT2D eigenvalue weighted by atomic mass is 10.0. The van der Waals surface area contributed by atoms with Crippen molar-refractivity contribution in [3.63, 3.8) is 0 Å². The largest absolute Gasteiger partial charge is 0.379 e. The SMILES string of the molecule is Cc1cc(-c2noc(C3COCC3N)n2)cc(C)c1Br. The van der Waals surface area contributed by atoms with Crippen LogP contribution in [-0.2, 0) is 4.74 Å². The number of aryl methyl sites for hydroxylation is 2. The number of benzene rings is 1. The van der Waals surface area contributed by atoms with Gasteiger partial charge in [0.2, 0.25) is 11.7 Å². The van der Waals surface area contributed by atoms with E-state index in [1.807, 2.05) is 26.0 Å². The van der Waals surface area contributed by atoms with Crippen molar-refractivity contribution in [1.29, 1.82) is 0 Å². The van der Waals surface area contributed by atoms with Gasteiger partial charge in [0, 0.05) is 16.1 Å². The maximum Gasteiger partial charge on any atom is 0.234 e. The summed E-state index contributed by atoms with van der Waals surface area (Å²) in [7, 11) is 0. The molecule has 0 spiro atoms. The molecule has 2 heterocycles. The molecule has 5 nitrogen and oxygen atoms in total. The van der Waals surface area contributed by atoms with Gasteiger partial charge in [-0.1, -0.05) is 21.1 Å². The predicted molar refractivity (Wildman–Crippen MR) is 78.4 cm³/mol. The molecule has 0 radical (unpaired) electrons. The van der Waals surface area contributed by atoms with Gasteiger partial charge in [0.1, 0.15) is 0 Å². The van der Waals surface area contributed by atoms with Crippen molar-refractivity contribution >= 4 is 15.9 Å². The highest BCUT2D eigenvalue weighted by atomic mass is 79.9. The Balaban J connectivity index is 1.94. The molecule has 1 aliphatic rings. The van der Waals surface area contributed by atoms with E-state index in [0.29, 0.717) is 24.9 Å². The third-order valence-corrected chi connectivity index (χ3v) is 4.83. The fraction of sp³-hybridized carbons (Fsp3) is 0.429. The zero-order valence-electron chi connectivity index (χ0n) is 11.4. The Morgan fingerprint density at radius 2 is 1.95 bits per heavy atom. The highest BCUT2D eigenvalue weighted by molar-refractivity contribution is 9.10. The molecule has 20 heavy (non-hydrogen) atoms. The van der Waals surface area contributed by atoms with Gasteiger partial charge in [-0.25, -0.2) is 0 Å². The highest BCUT2D eigenvalue weighted by Crippen LogP contribution is 2.29. The monoisotopic (exact) mass is 337 g/mol. The number of aromatic nitrogens is 2. The molecule has 2 atom stereocenters. The molecule has 2 unspecified atom stereocenters. The van der Waals surface area contributed by atoms with Gasteiger partial charge in [-0.3, -0.25) is 0 Å². The third kappa shape index (κ3) is 2.39. The van der Waals surface area contributed by atoms with Crippen LogP contribution in [0.15, 0.2) is 21.1 Å². The normalized spacial score (nSPS) is 22.4. The molecule has 1 aliphatic heterocycles. The predicted octanol–water partition coefficient (Wildman–Crippen LogP) is 2.56. The summed E-state index contributed by atoms with van der Waals surface area (Å²) in [6.45, 7) is 5.17. The standard InChI is InChI=1S/C14H16BrN3O2/c1-7-3-9(4-8(2)12(7)15)13-17-14(20-18-13)10-5-19-6-11(10)16/h3-4,10-11H,5-6,16H2,1-2H3. The maximum atomic E-state index is 5.97. The summed E-state index contributed by atoms with van der Waals surface area (Å²) in [6, 6.07) is 4.00. The van der Waals surface area contributed by atoms with Crippen LogP contribution in [0.1, 0.15) is 22.9 Å². The van der Waals surface area contributed by atoms with Crippen LogP contribution in [0.4, 0.5) is 0 Å². The Labute approximate surface area is 125 Å². The number of ether oxygens (including phenoxy) is 1. The van der Waals surface area contributed by atoms with Gasteiger partial charge >= 0.3 is 0 Å². The van der Waals surface area contributed by atoms with Crippen molar-refractivity contribution in [2.24, 2.45) is 5.73 Å². The molecule has 0 aliphatic carbocycles. The first-order chi connectivity index (χ1) is 9.56. The quantitative estimate of drug-likeness (QED) is 0.911. The summed E-state index contributed by atoms with van der Waals surface area (Å²) in [6.07, 6.45) is 0. The Morgan fingerprint density at radius 1 is 1.25 bits per heavy atom. The van der Waals surface area contributed by atoms with E-state index in [2.05, 4.69) is 26.1 Å². The van der Waals surface area contributed by atoms with Crippen molar-refractivity contribution in [2.75, 3.05) is 13.2 Å². The number of rotatable bonds is 2. The smallest absolute Gasteiger partial charge is 0.234 e. The van der Waals surface area contributed by atoms with Crippen LogP contribution in [0.5, 0.6) is 0 Å². The number of nitrogens with zero attached hydrogens (tertiary/aromatic N) is 2. The summed E-state index contributed by atoms with van der Waals surface area (Å²) >= 11 is 3.56. The minimum absolute atomic E-state index is 0.00566. The maximum absolute atomic E-state index is 5.97. The minimum atomic E-state index is -0.0725. The van der Waals surface area contributed by atoms with Crippen LogP contribution in [0.2, 0.25) is 0 Å². The van der Waals surface area contributed by atoms with E-state index in [0.717, 1.165) is 21.2 Å². The molecule has 3 rings (SSSR count). The molecule has 1 saturated heterocycles. The van der Waals surface area contributed by atoms with Gasteiger partial charge < -0.3 is 15.0 Å².